The summed E-state index contributed by atoms with van der Waals surface area (Å²) in [5, 5.41) is -0.213. The van der Waals surface area contributed by atoms with Gasteiger partial charge in [0.15, 0.2) is 5.03 Å². The second-order valence-electron chi connectivity index (χ2n) is 2.56. The summed E-state index contributed by atoms with van der Waals surface area (Å²) in [6.45, 7) is 4.15. The number of imidazole rings is 1. The van der Waals surface area contributed by atoms with Crippen molar-refractivity contribution in [2.45, 2.75) is 25.4 Å². The number of sulfonamides is 1. The van der Waals surface area contributed by atoms with Crippen molar-refractivity contribution in [3.8, 4) is 0 Å². The number of hydrogen-bond donors (Lipinski definition) is 0. The summed E-state index contributed by atoms with van der Waals surface area (Å²) < 4.78 is 26.8. The van der Waals surface area contributed by atoms with E-state index in [0.29, 0.717) is 12.4 Å². The van der Waals surface area contributed by atoms with Crippen LogP contribution in [0.4, 0.5) is 0 Å². The lowest BCUT2D eigenvalue weighted by Crippen LogP contribution is -1.95. The third kappa shape index (κ3) is 1.86. The summed E-state index contributed by atoms with van der Waals surface area (Å²) in [7, 11) is -3.95. The van der Waals surface area contributed by atoms with E-state index in [1.165, 1.54) is 6.20 Å². The minimum atomic E-state index is -3.95. The summed E-state index contributed by atoms with van der Waals surface area (Å²) in [6.07, 6.45) is 1.35. The first kappa shape index (κ1) is 10.6. The molecule has 7 nitrogen and oxygen atoms in total. The van der Waals surface area contributed by atoms with Crippen molar-refractivity contribution in [3.63, 3.8) is 0 Å². The second-order valence-corrected chi connectivity index (χ2v) is 4.09. The van der Waals surface area contributed by atoms with Gasteiger partial charge in [-0.15, -0.1) is 0 Å². The maximum Gasteiger partial charge on any atom is 0.283 e. The quantitative estimate of drug-likeness (QED) is 0.430. The molecule has 0 amide bonds. The molecule has 0 saturated carbocycles. The third-order valence-corrected chi connectivity index (χ3v) is 2.72. The number of hydrogen-bond acceptors (Lipinski definition) is 3. The first-order valence-electron chi connectivity index (χ1n) is 3.86. The molecule has 0 unspecified atom stereocenters. The lowest BCUT2D eigenvalue weighted by Gasteiger charge is -1.95. The molecule has 1 aromatic heterocycles. The minimum absolute atomic E-state index is 0.213. The molecule has 76 valence electrons. The molecule has 0 spiro atoms. The average Bonchev–Trinajstić information content (AvgIpc) is 2.47. The molecule has 1 rings (SSSR count). The van der Waals surface area contributed by atoms with Gasteiger partial charge in [0.2, 0.25) is 0 Å². The van der Waals surface area contributed by atoms with Crippen LogP contribution < -0.4 is 0 Å². The van der Waals surface area contributed by atoms with Crippen molar-refractivity contribution in [1.82, 2.24) is 9.55 Å². The maximum atomic E-state index is 11.2. The summed E-state index contributed by atoms with van der Waals surface area (Å²) in [5.41, 5.74) is 8.04. The van der Waals surface area contributed by atoms with Crippen LogP contribution in [0.5, 0.6) is 0 Å². The lowest BCUT2D eigenvalue weighted by atomic mass is 10.6. The van der Waals surface area contributed by atoms with Gasteiger partial charge in [0.05, 0.1) is 0 Å². The zero-order chi connectivity index (χ0) is 10.8. The summed E-state index contributed by atoms with van der Waals surface area (Å²) in [4.78, 5) is 6.02. The van der Waals surface area contributed by atoms with Crippen molar-refractivity contribution in [1.29, 1.82) is 0 Å². The molecule has 0 N–H and O–H groups in total. The van der Waals surface area contributed by atoms with Gasteiger partial charge in [0, 0.05) is 22.2 Å². The molecule has 0 saturated heterocycles. The molecular formula is C6H9N5O2S. The Labute approximate surface area is 81.1 Å². The summed E-state index contributed by atoms with van der Waals surface area (Å²) in [6, 6.07) is 0. The van der Waals surface area contributed by atoms with Gasteiger partial charge in [0.1, 0.15) is 5.82 Å². The van der Waals surface area contributed by atoms with Crippen LogP contribution in [0.2, 0.25) is 0 Å². The first-order chi connectivity index (χ1) is 6.51. The summed E-state index contributed by atoms with van der Waals surface area (Å²) in [5.74, 6) is 0.569. The topological polar surface area (TPSA) is 101 Å². The van der Waals surface area contributed by atoms with Crippen molar-refractivity contribution >= 4 is 10.0 Å². The molecule has 0 radical (unpaired) electrons. The molecule has 0 aromatic carbocycles. The van der Waals surface area contributed by atoms with E-state index in [-0.39, 0.29) is 5.03 Å². The fourth-order valence-electron chi connectivity index (χ4n) is 1.01. The van der Waals surface area contributed by atoms with Crippen LogP contribution in [0.3, 0.4) is 0 Å². The van der Waals surface area contributed by atoms with E-state index in [1.54, 1.807) is 11.5 Å². The Morgan fingerprint density at radius 2 is 2.36 bits per heavy atom. The largest absolute Gasteiger partial charge is 0.334 e. The van der Waals surface area contributed by atoms with E-state index in [2.05, 4.69) is 14.4 Å². The molecule has 0 aliphatic heterocycles. The van der Waals surface area contributed by atoms with Crippen molar-refractivity contribution in [2.24, 2.45) is 4.52 Å². The van der Waals surface area contributed by atoms with E-state index in [0.717, 1.165) is 0 Å². The maximum absolute atomic E-state index is 11.2. The van der Waals surface area contributed by atoms with Gasteiger partial charge in [0.25, 0.3) is 10.0 Å². The molecule has 0 aliphatic rings. The number of aryl methyl sites for hydroxylation is 2. The van der Waals surface area contributed by atoms with Crippen LogP contribution in [-0.4, -0.2) is 18.0 Å². The van der Waals surface area contributed by atoms with E-state index < -0.39 is 10.0 Å². The van der Waals surface area contributed by atoms with Crippen LogP contribution in [0, 0.1) is 6.92 Å². The zero-order valence-corrected chi connectivity index (χ0v) is 8.56. The van der Waals surface area contributed by atoms with Gasteiger partial charge in [-0.3, -0.25) is 0 Å². The van der Waals surface area contributed by atoms with Gasteiger partial charge in [-0.2, -0.15) is 0 Å². The zero-order valence-electron chi connectivity index (χ0n) is 7.75. The number of azide groups is 1. The summed E-state index contributed by atoms with van der Waals surface area (Å²) >= 11 is 0. The number of aromatic nitrogens is 2. The Morgan fingerprint density at radius 1 is 1.71 bits per heavy atom. The van der Waals surface area contributed by atoms with Crippen LogP contribution in [0.1, 0.15) is 12.7 Å². The monoisotopic (exact) mass is 215 g/mol. The van der Waals surface area contributed by atoms with Gasteiger partial charge in [-0.1, -0.05) is 0 Å². The van der Waals surface area contributed by atoms with Gasteiger partial charge < -0.3 is 4.57 Å². The van der Waals surface area contributed by atoms with Crippen LogP contribution in [0.15, 0.2) is 15.7 Å². The Balaban J connectivity index is 3.28. The predicted octanol–water partition coefficient (Wildman–Crippen LogP) is 1.21. The highest BCUT2D eigenvalue weighted by molar-refractivity contribution is 7.89. The van der Waals surface area contributed by atoms with Gasteiger partial charge in [-0.25, -0.2) is 13.4 Å². The van der Waals surface area contributed by atoms with Gasteiger partial charge in [-0.05, 0) is 19.4 Å². The Kier molecular flexibility index (Phi) is 2.78. The highest BCUT2D eigenvalue weighted by Crippen LogP contribution is 2.11. The molecule has 1 aromatic rings. The molecule has 0 fully saturated rings. The highest BCUT2D eigenvalue weighted by atomic mass is 32.2. The molecule has 0 atom stereocenters. The Morgan fingerprint density at radius 3 is 2.79 bits per heavy atom. The number of rotatable bonds is 3. The SMILES string of the molecule is CCn1cc(S(=O)(=O)N=[N+]=[N-])nc1C. The van der Waals surface area contributed by atoms with Crippen LogP contribution in [0.25, 0.3) is 10.4 Å². The van der Waals surface area contributed by atoms with E-state index in [9.17, 15) is 8.42 Å². The second kappa shape index (κ2) is 3.69. The van der Waals surface area contributed by atoms with Crippen molar-refractivity contribution in [3.05, 3.63) is 22.5 Å². The highest BCUT2D eigenvalue weighted by Gasteiger charge is 2.16. The Hall–Kier alpha value is -1.53. The van der Waals surface area contributed by atoms with Crippen LogP contribution in [-0.2, 0) is 16.6 Å². The van der Waals surface area contributed by atoms with E-state index in [1.807, 2.05) is 6.92 Å². The van der Waals surface area contributed by atoms with Gasteiger partial charge >= 0.3 is 0 Å². The number of nitrogens with zero attached hydrogens (tertiary/aromatic N) is 5. The molecule has 1 heterocycles. The predicted molar refractivity (Wildman–Crippen MR) is 49.0 cm³/mol. The molecule has 14 heavy (non-hydrogen) atoms. The fraction of sp³-hybridized carbons (Fsp3) is 0.500. The fourth-order valence-corrected chi connectivity index (χ4v) is 1.70. The lowest BCUT2D eigenvalue weighted by molar-refractivity contribution is 0.594. The van der Waals surface area contributed by atoms with E-state index >= 15 is 0 Å². The first-order valence-corrected chi connectivity index (χ1v) is 5.30. The van der Waals surface area contributed by atoms with Crippen molar-refractivity contribution in [2.75, 3.05) is 0 Å². The standard InChI is InChI=1S/C6H9N5O2S/c1-3-11-4-6(8-5(11)2)14(12,13)10-9-7/h4H,3H2,1-2H3. The van der Waals surface area contributed by atoms with E-state index in [4.69, 9.17) is 5.53 Å². The minimum Gasteiger partial charge on any atom is -0.334 e. The average molecular weight is 215 g/mol. The third-order valence-electron chi connectivity index (χ3n) is 1.70. The van der Waals surface area contributed by atoms with Crippen molar-refractivity contribution < 1.29 is 8.42 Å². The molecular weight excluding hydrogens is 206 g/mol. The van der Waals surface area contributed by atoms with Crippen LogP contribution >= 0.6 is 0 Å². The smallest absolute Gasteiger partial charge is 0.283 e. The normalized spacial score (nSPS) is 11.0. The molecule has 0 aliphatic carbocycles. The molecule has 0 bridgehead atoms. The molecule has 8 heteroatoms. The Bertz CT molecular complexity index is 482.